The number of hydrogen-bond donors (Lipinski definition) is 1. The maximum Gasteiger partial charge on any atom is 0.184 e. The van der Waals surface area contributed by atoms with Gasteiger partial charge in [0.1, 0.15) is 0 Å². The molecule has 0 aliphatic heterocycles. The number of halogens is 1. The smallest absolute Gasteiger partial charge is 0.184 e. The molecule has 1 heterocycles. The van der Waals surface area contributed by atoms with Crippen LogP contribution in [0.3, 0.4) is 0 Å². The van der Waals surface area contributed by atoms with Crippen LogP contribution in [0.1, 0.15) is 12.5 Å². The zero-order valence-corrected chi connectivity index (χ0v) is 11.9. The third-order valence-electron chi connectivity index (χ3n) is 2.66. The highest BCUT2D eigenvalue weighted by molar-refractivity contribution is 7.90. The summed E-state index contributed by atoms with van der Waals surface area (Å²) >= 11 is 5.93. The Morgan fingerprint density at radius 1 is 1.42 bits per heavy atom. The predicted molar refractivity (Wildman–Crippen MR) is 74.7 cm³/mol. The Morgan fingerprint density at radius 3 is 2.74 bits per heavy atom. The SMILES string of the molecule is CCn1cc(CS(=O)(=O)c2ccc(N)cc2Cl)cn1. The van der Waals surface area contributed by atoms with E-state index in [4.69, 9.17) is 17.3 Å². The van der Waals surface area contributed by atoms with Crippen molar-refractivity contribution in [3.8, 4) is 0 Å². The van der Waals surface area contributed by atoms with Crippen molar-refractivity contribution >= 4 is 27.1 Å². The first kappa shape index (κ1) is 13.9. The summed E-state index contributed by atoms with van der Waals surface area (Å²) in [7, 11) is -3.50. The van der Waals surface area contributed by atoms with Gasteiger partial charge in [0.25, 0.3) is 0 Å². The molecule has 102 valence electrons. The normalized spacial score (nSPS) is 11.7. The summed E-state index contributed by atoms with van der Waals surface area (Å²) in [5.74, 6) is -0.128. The standard InChI is InChI=1S/C12H14ClN3O2S/c1-2-16-7-9(6-15-16)8-19(17,18)12-4-3-10(14)5-11(12)13/h3-7H,2,8,14H2,1H3. The van der Waals surface area contributed by atoms with Gasteiger partial charge in [0.2, 0.25) is 0 Å². The average Bonchev–Trinajstić information content (AvgIpc) is 2.75. The second-order valence-electron chi connectivity index (χ2n) is 4.15. The number of sulfone groups is 1. The van der Waals surface area contributed by atoms with Gasteiger partial charge in [-0.15, -0.1) is 0 Å². The Labute approximate surface area is 116 Å². The van der Waals surface area contributed by atoms with Gasteiger partial charge in [-0.3, -0.25) is 4.68 Å². The van der Waals surface area contributed by atoms with Crippen molar-refractivity contribution < 1.29 is 8.42 Å². The van der Waals surface area contributed by atoms with Gasteiger partial charge in [-0.05, 0) is 25.1 Å². The van der Waals surface area contributed by atoms with Gasteiger partial charge in [-0.1, -0.05) is 11.6 Å². The summed E-state index contributed by atoms with van der Waals surface area (Å²) in [6.45, 7) is 2.63. The van der Waals surface area contributed by atoms with E-state index in [2.05, 4.69) is 5.10 Å². The lowest BCUT2D eigenvalue weighted by molar-refractivity contribution is 0.595. The highest BCUT2D eigenvalue weighted by Gasteiger charge is 2.19. The number of nitrogens with zero attached hydrogens (tertiary/aromatic N) is 2. The van der Waals surface area contributed by atoms with Crippen molar-refractivity contribution in [3.63, 3.8) is 0 Å². The fourth-order valence-corrected chi connectivity index (χ4v) is 3.64. The van der Waals surface area contributed by atoms with Crippen LogP contribution in [0, 0.1) is 0 Å². The number of anilines is 1. The number of hydrogen-bond acceptors (Lipinski definition) is 4. The van der Waals surface area contributed by atoms with Gasteiger partial charge < -0.3 is 5.73 Å². The fraction of sp³-hybridized carbons (Fsp3) is 0.250. The first-order valence-corrected chi connectivity index (χ1v) is 7.74. The lowest BCUT2D eigenvalue weighted by Crippen LogP contribution is -2.05. The lowest BCUT2D eigenvalue weighted by Gasteiger charge is -2.06. The minimum absolute atomic E-state index is 0.0904. The molecule has 0 amide bonds. The maximum absolute atomic E-state index is 12.3. The van der Waals surface area contributed by atoms with Crippen LogP contribution >= 0.6 is 11.6 Å². The fourth-order valence-electron chi connectivity index (χ4n) is 1.72. The second kappa shape index (κ2) is 5.22. The molecule has 0 saturated heterocycles. The molecule has 5 nitrogen and oxygen atoms in total. The Morgan fingerprint density at radius 2 is 2.16 bits per heavy atom. The Bertz CT molecular complexity index is 695. The minimum atomic E-state index is -3.50. The summed E-state index contributed by atoms with van der Waals surface area (Å²) in [4.78, 5) is 0.0904. The van der Waals surface area contributed by atoms with Crippen LogP contribution in [-0.2, 0) is 22.1 Å². The monoisotopic (exact) mass is 299 g/mol. The van der Waals surface area contributed by atoms with Crippen molar-refractivity contribution in [1.29, 1.82) is 0 Å². The quantitative estimate of drug-likeness (QED) is 0.877. The third kappa shape index (κ3) is 3.08. The zero-order chi connectivity index (χ0) is 14.0. The molecule has 19 heavy (non-hydrogen) atoms. The van der Waals surface area contributed by atoms with E-state index in [0.29, 0.717) is 17.8 Å². The van der Waals surface area contributed by atoms with Gasteiger partial charge >= 0.3 is 0 Å². The summed E-state index contributed by atoms with van der Waals surface area (Å²) in [6, 6.07) is 4.38. The Hall–Kier alpha value is -1.53. The van der Waals surface area contributed by atoms with Crippen LogP contribution in [0.4, 0.5) is 5.69 Å². The molecule has 0 atom stereocenters. The number of aryl methyl sites for hydroxylation is 1. The van der Waals surface area contributed by atoms with Gasteiger partial charge in [0.05, 0.1) is 21.9 Å². The highest BCUT2D eigenvalue weighted by Crippen LogP contribution is 2.26. The van der Waals surface area contributed by atoms with Crippen molar-refractivity contribution in [3.05, 3.63) is 41.2 Å². The molecule has 2 aromatic rings. The van der Waals surface area contributed by atoms with E-state index in [1.807, 2.05) is 6.92 Å². The molecule has 0 spiro atoms. The van der Waals surface area contributed by atoms with E-state index >= 15 is 0 Å². The number of nitrogen functional groups attached to an aromatic ring is 1. The van der Waals surface area contributed by atoms with Crippen molar-refractivity contribution in [2.75, 3.05) is 5.73 Å². The molecule has 2 rings (SSSR count). The third-order valence-corrected chi connectivity index (χ3v) is 4.82. The van der Waals surface area contributed by atoms with Gasteiger partial charge in [0.15, 0.2) is 9.84 Å². The van der Waals surface area contributed by atoms with E-state index in [0.717, 1.165) is 0 Å². The van der Waals surface area contributed by atoms with Gasteiger partial charge in [-0.2, -0.15) is 5.10 Å². The molecule has 0 unspecified atom stereocenters. The molecule has 1 aromatic carbocycles. The lowest BCUT2D eigenvalue weighted by atomic mass is 10.3. The number of nitrogens with two attached hydrogens (primary N) is 1. The minimum Gasteiger partial charge on any atom is -0.399 e. The largest absolute Gasteiger partial charge is 0.399 e. The van der Waals surface area contributed by atoms with Crippen LogP contribution in [0.5, 0.6) is 0 Å². The molecule has 0 radical (unpaired) electrons. The van der Waals surface area contributed by atoms with E-state index in [-0.39, 0.29) is 15.7 Å². The number of rotatable bonds is 4. The van der Waals surface area contributed by atoms with Crippen molar-refractivity contribution in [2.24, 2.45) is 0 Å². The van der Waals surface area contributed by atoms with Crippen LogP contribution in [0.25, 0.3) is 0 Å². The Balaban J connectivity index is 2.32. The predicted octanol–water partition coefficient (Wildman–Crippen LogP) is 2.11. The molecular formula is C12H14ClN3O2S. The summed E-state index contributed by atoms with van der Waals surface area (Å²) in [5.41, 5.74) is 6.62. The average molecular weight is 300 g/mol. The number of aromatic nitrogens is 2. The summed E-state index contributed by atoms with van der Waals surface area (Å²) in [6.07, 6.45) is 3.26. The van der Waals surface area contributed by atoms with Crippen LogP contribution in [-0.4, -0.2) is 18.2 Å². The second-order valence-corrected chi connectivity index (χ2v) is 6.52. The Kier molecular flexibility index (Phi) is 3.82. The first-order chi connectivity index (χ1) is 8.92. The molecule has 7 heteroatoms. The van der Waals surface area contributed by atoms with E-state index in [1.54, 1.807) is 17.1 Å². The molecular weight excluding hydrogens is 286 g/mol. The van der Waals surface area contributed by atoms with Crippen molar-refractivity contribution in [2.45, 2.75) is 24.1 Å². The molecule has 0 bridgehead atoms. The molecule has 0 saturated carbocycles. The highest BCUT2D eigenvalue weighted by atomic mass is 35.5. The van der Waals surface area contributed by atoms with Gasteiger partial charge in [0, 0.05) is 24.0 Å². The molecule has 0 aliphatic carbocycles. The first-order valence-electron chi connectivity index (χ1n) is 5.71. The van der Waals surface area contributed by atoms with E-state index in [9.17, 15) is 8.42 Å². The summed E-state index contributed by atoms with van der Waals surface area (Å²) < 4.78 is 26.2. The molecule has 2 N–H and O–H groups in total. The maximum atomic E-state index is 12.3. The summed E-state index contributed by atoms with van der Waals surface area (Å²) in [5, 5.41) is 4.19. The molecule has 1 aromatic heterocycles. The van der Waals surface area contributed by atoms with Crippen LogP contribution < -0.4 is 5.73 Å². The van der Waals surface area contributed by atoms with Gasteiger partial charge in [-0.25, -0.2) is 8.42 Å². The zero-order valence-electron chi connectivity index (χ0n) is 10.4. The van der Waals surface area contributed by atoms with E-state index in [1.165, 1.54) is 18.2 Å². The van der Waals surface area contributed by atoms with E-state index < -0.39 is 9.84 Å². The molecule has 0 aliphatic rings. The molecule has 0 fully saturated rings. The van der Waals surface area contributed by atoms with Crippen LogP contribution in [0.2, 0.25) is 5.02 Å². The van der Waals surface area contributed by atoms with Crippen molar-refractivity contribution in [1.82, 2.24) is 9.78 Å². The van der Waals surface area contributed by atoms with Crippen LogP contribution in [0.15, 0.2) is 35.5 Å². The number of benzene rings is 1. The topological polar surface area (TPSA) is 78.0 Å².